The van der Waals surface area contributed by atoms with Gasteiger partial charge >= 0.3 is 12.1 Å². The van der Waals surface area contributed by atoms with E-state index in [1.165, 1.54) is 0 Å². The van der Waals surface area contributed by atoms with E-state index in [9.17, 15) is 18.0 Å². The van der Waals surface area contributed by atoms with Gasteiger partial charge in [0.2, 0.25) is 5.95 Å². The molecule has 2 heterocycles. The number of hydrogen-bond acceptors (Lipinski definition) is 5. The number of halogens is 3. The number of carboxylic acid groups (broad SMARTS) is 1. The minimum absolute atomic E-state index is 0.288. The predicted molar refractivity (Wildman–Crippen MR) is 71.6 cm³/mol. The Kier molecular flexibility index (Phi) is 5.76. The quantitative estimate of drug-likeness (QED) is 0.861. The summed E-state index contributed by atoms with van der Waals surface area (Å²) in [6.07, 6.45) is -3.52. The maximum Gasteiger partial charge on any atom is 0.490 e. The van der Waals surface area contributed by atoms with Crippen LogP contribution in [0, 0.1) is 6.92 Å². The van der Waals surface area contributed by atoms with Crippen LogP contribution in [0.5, 0.6) is 0 Å². The Morgan fingerprint density at radius 1 is 1.30 bits per heavy atom. The number of carboxylic acids is 1. The van der Waals surface area contributed by atoms with Gasteiger partial charge in [-0.3, -0.25) is 19.8 Å². The molecule has 0 aliphatic carbocycles. The molecule has 0 bridgehead atoms. The fourth-order valence-electron chi connectivity index (χ4n) is 1.18. The molecule has 0 saturated carbocycles. The molecule has 8 nitrogen and oxygen atoms in total. The summed E-state index contributed by atoms with van der Waals surface area (Å²) in [5.74, 6) is -2.05. The third kappa shape index (κ3) is 5.73. The van der Waals surface area contributed by atoms with E-state index in [0.717, 1.165) is 5.82 Å². The Morgan fingerprint density at radius 2 is 1.91 bits per heavy atom. The zero-order valence-electron chi connectivity index (χ0n) is 12.0. The summed E-state index contributed by atoms with van der Waals surface area (Å²) in [5, 5.41) is 13.7. The summed E-state index contributed by atoms with van der Waals surface area (Å²) in [6, 6.07) is 5.13. The Balaban J connectivity index is 0.000000322. The van der Waals surface area contributed by atoms with Crippen molar-refractivity contribution in [2.75, 3.05) is 5.32 Å². The van der Waals surface area contributed by atoms with Gasteiger partial charge in [-0.25, -0.2) is 4.79 Å². The van der Waals surface area contributed by atoms with Crippen LogP contribution in [0.4, 0.5) is 19.1 Å². The molecule has 0 spiro atoms. The Morgan fingerprint density at radius 3 is 2.30 bits per heavy atom. The average Bonchev–Trinajstić information content (AvgIpc) is 2.77. The number of hydrogen-bond donors (Lipinski definition) is 2. The first-order valence-corrected chi connectivity index (χ1v) is 6.01. The van der Waals surface area contributed by atoms with E-state index in [1.54, 1.807) is 36.1 Å². The molecule has 0 fully saturated rings. The molecule has 0 atom stereocenters. The summed E-state index contributed by atoms with van der Waals surface area (Å²) in [6.45, 7) is 1.81. The average molecular weight is 331 g/mol. The highest BCUT2D eigenvalue weighted by Crippen LogP contribution is 2.13. The van der Waals surface area contributed by atoms with Crippen molar-refractivity contribution in [1.82, 2.24) is 19.7 Å². The van der Waals surface area contributed by atoms with Crippen molar-refractivity contribution >= 4 is 17.8 Å². The molecule has 0 aromatic carbocycles. The van der Waals surface area contributed by atoms with Gasteiger partial charge in [0.15, 0.2) is 0 Å². The molecular weight excluding hydrogens is 319 g/mol. The number of carbonyl (C=O) groups excluding carboxylic acids is 1. The number of aryl methyl sites for hydroxylation is 2. The minimum Gasteiger partial charge on any atom is -0.475 e. The molecule has 1 amide bonds. The van der Waals surface area contributed by atoms with Crippen molar-refractivity contribution in [2.45, 2.75) is 13.1 Å². The van der Waals surface area contributed by atoms with Crippen molar-refractivity contribution in [1.29, 1.82) is 0 Å². The van der Waals surface area contributed by atoms with E-state index in [2.05, 4.69) is 20.4 Å². The van der Waals surface area contributed by atoms with E-state index >= 15 is 0 Å². The SMILES string of the molecule is Cc1nc(NC(=O)c2ccccn2)nn1C.O=C(O)C(F)(F)F. The van der Waals surface area contributed by atoms with Gasteiger partial charge in [-0.05, 0) is 19.1 Å². The van der Waals surface area contributed by atoms with Crippen LogP contribution in [0.2, 0.25) is 0 Å². The van der Waals surface area contributed by atoms with Crippen LogP contribution >= 0.6 is 0 Å². The Bertz CT molecular complexity index is 665. The number of nitrogens with zero attached hydrogens (tertiary/aromatic N) is 4. The summed E-state index contributed by atoms with van der Waals surface area (Å²) < 4.78 is 33.3. The van der Waals surface area contributed by atoms with Crippen molar-refractivity contribution in [3.8, 4) is 0 Å². The molecule has 2 rings (SSSR count). The first-order chi connectivity index (χ1) is 10.6. The molecule has 2 aromatic heterocycles. The van der Waals surface area contributed by atoms with Gasteiger partial charge < -0.3 is 5.11 Å². The molecule has 0 aliphatic rings. The van der Waals surface area contributed by atoms with Crippen molar-refractivity contribution in [3.63, 3.8) is 0 Å². The van der Waals surface area contributed by atoms with Crippen LogP contribution in [0.25, 0.3) is 0 Å². The zero-order valence-corrected chi connectivity index (χ0v) is 12.0. The lowest BCUT2D eigenvalue weighted by Crippen LogP contribution is -2.21. The molecule has 23 heavy (non-hydrogen) atoms. The van der Waals surface area contributed by atoms with Gasteiger partial charge in [-0.1, -0.05) is 6.07 Å². The highest BCUT2D eigenvalue weighted by Gasteiger charge is 2.38. The molecule has 0 aliphatic heterocycles. The van der Waals surface area contributed by atoms with Crippen molar-refractivity contribution in [3.05, 3.63) is 35.9 Å². The number of rotatable bonds is 2. The molecule has 2 aromatic rings. The van der Waals surface area contributed by atoms with E-state index in [4.69, 9.17) is 9.90 Å². The molecule has 0 unspecified atom stereocenters. The molecule has 124 valence electrons. The smallest absolute Gasteiger partial charge is 0.475 e. The number of aliphatic carboxylic acids is 1. The van der Waals surface area contributed by atoms with Crippen molar-refractivity contribution in [2.24, 2.45) is 7.05 Å². The van der Waals surface area contributed by atoms with Gasteiger partial charge in [0, 0.05) is 13.2 Å². The Hall–Kier alpha value is -2.98. The number of aromatic nitrogens is 4. The molecule has 0 radical (unpaired) electrons. The lowest BCUT2D eigenvalue weighted by molar-refractivity contribution is -0.192. The molecular formula is C12H12F3N5O3. The third-order valence-electron chi connectivity index (χ3n) is 2.35. The number of anilines is 1. The number of nitrogens with one attached hydrogen (secondary N) is 1. The summed E-state index contributed by atoms with van der Waals surface area (Å²) >= 11 is 0. The fraction of sp³-hybridized carbons (Fsp3) is 0.250. The lowest BCUT2D eigenvalue weighted by atomic mass is 10.3. The van der Waals surface area contributed by atoms with Gasteiger partial charge in [0.05, 0.1) is 0 Å². The molecule has 11 heteroatoms. The lowest BCUT2D eigenvalue weighted by Gasteiger charge is -1.98. The second-order valence-electron chi connectivity index (χ2n) is 4.08. The highest BCUT2D eigenvalue weighted by molar-refractivity contribution is 6.01. The van der Waals surface area contributed by atoms with E-state index in [0.29, 0.717) is 5.69 Å². The number of amides is 1. The monoisotopic (exact) mass is 331 g/mol. The standard InChI is InChI=1S/C10H11N5O.C2HF3O2/c1-7-12-10(14-15(7)2)13-9(16)8-5-3-4-6-11-8;3-2(4,5)1(6)7/h3-6H,1-2H3,(H,13,14,16);(H,6,7). The van der Waals surface area contributed by atoms with Crippen LogP contribution in [0.3, 0.4) is 0 Å². The topological polar surface area (TPSA) is 110 Å². The molecule has 0 saturated heterocycles. The van der Waals surface area contributed by atoms with Crippen LogP contribution in [-0.4, -0.2) is 42.9 Å². The van der Waals surface area contributed by atoms with Crippen LogP contribution in [0.15, 0.2) is 24.4 Å². The molecule has 2 N–H and O–H groups in total. The summed E-state index contributed by atoms with van der Waals surface area (Å²) in [5.41, 5.74) is 0.340. The number of alkyl halides is 3. The third-order valence-corrected chi connectivity index (χ3v) is 2.35. The first-order valence-electron chi connectivity index (χ1n) is 6.01. The van der Waals surface area contributed by atoms with E-state index in [1.807, 2.05) is 6.92 Å². The predicted octanol–water partition coefficient (Wildman–Crippen LogP) is 1.40. The van der Waals surface area contributed by atoms with Crippen LogP contribution < -0.4 is 5.32 Å². The Labute approximate surface area is 128 Å². The van der Waals surface area contributed by atoms with E-state index in [-0.39, 0.29) is 11.9 Å². The van der Waals surface area contributed by atoms with Crippen LogP contribution in [-0.2, 0) is 11.8 Å². The van der Waals surface area contributed by atoms with Gasteiger partial charge in [-0.15, -0.1) is 5.10 Å². The second-order valence-corrected chi connectivity index (χ2v) is 4.08. The second kappa shape index (κ2) is 7.33. The fourth-order valence-corrected chi connectivity index (χ4v) is 1.18. The normalized spacial score (nSPS) is 10.5. The highest BCUT2D eigenvalue weighted by atomic mass is 19.4. The van der Waals surface area contributed by atoms with Crippen molar-refractivity contribution < 1.29 is 27.9 Å². The number of pyridine rings is 1. The first kappa shape index (κ1) is 18.1. The van der Waals surface area contributed by atoms with Crippen LogP contribution in [0.1, 0.15) is 16.3 Å². The zero-order chi connectivity index (χ0) is 17.6. The van der Waals surface area contributed by atoms with Gasteiger partial charge in [0.25, 0.3) is 5.91 Å². The van der Waals surface area contributed by atoms with E-state index < -0.39 is 12.1 Å². The minimum atomic E-state index is -5.08. The summed E-state index contributed by atoms with van der Waals surface area (Å²) in [7, 11) is 1.76. The largest absolute Gasteiger partial charge is 0.490 e. The number of carbonyl (C=O) groups is 2. The van der Waals surface area contributed by atoms with Gasteiger partial charge in [0.1, 0.15) is 11.5 Å². The maximum atomic E-state index is 11.7. The summed E-state index contributed by atoms with van der Waals surface area (Å²) in [4.78, 5) is 28.6. The van der Waals surface area contributed by atoms with Gasteiger partial charge in [-0.2, -0.15) is 18.2 Å². The maximum absolute atomic E-state index is 11.7.